The van der Waals surface area contributed by atoms with E-state index in [-0.39, 0.29) is 36.9 Å². The van der Waals surface area contributed by atoms with E-state index >= 15 is 0 Å². The molecule has 0 radical (unpaired) electrons. The fourth-order valence-corrected chi connectivity index (χ4v) is 5.21. The number of hydrogen-bond donors (Lipinski definition) is 1. The Hall–Kier alpha value is -2.66. The minimum absolute atomic E-state index is 0.0306. The standard InChI is InChI=1S/C25H24F7NO3/c1-13(15-9-16(24(27,28)29)11-17(10-15)25(30,31)32)36-19-12-33-20(34)7-8-23(2,35)22(33)21(19)14-3-5-18(26)6-4-14/h3-6,9-11,13,19,21-22,35H,7-8,12H2,1-2H3/t13-,19+,21?,22?,23?/m1/s1. The number of fused-ring (bicyclic) bond motifs is 1. The van der Waals surface area contributed by atoms with E-state index < -0.39 is 59.1 Å². The van der Waals surface area contributed by atoms with Crippen LogP contribution < -0.4 is 0 Å². The molecule has 2 saturated heterocycles. The summed E-state index contributed by atoms with van der Waals surface area (Å²) in [6, 6.07) is 5.81. The molecule has 36 heavy (non-hydrogen) atoms. The van der Waals surface area contributed by atoms with E-state index in [0.29, 0.717) is 17.7 Å². The average Bonchev–Trinajstić information content (AvgIpc) is 3.16. The zero-order valence-electron chi connectivity index (χ0n) is 19.3. The number of carbonyl (C=O) groups excluding carboxylic acids is 1. The summed E-state index contributed by atoms with van der Waals surface area (Å²) in [4.78, 5) is 14.1. The lowest BCUT2D eigenvalue weighted by Gasteiger charge is -2.43. The highest BCUT2D eigenvalue weighted by Gasteiger charge is 2.55. The van der Waals surface area contributed by atoms with E-state index in [9.17, 15) is 40.6 Å². The highest BCUT2D eigenvalue weighted by Crippen LogP contribution is 2.46. The van der Waals surface area contributed by atoms with Crippen LogP contribution in [-0.2, 0) is 21.9 Å². The van der Waals surface area contributed by atoms with Crippen molar-refractivity contribution in [3.05, 3.63) is 70.5 Å². The first-order valence-corrected chi connectivity index (χ1v) is 11.3. The molecule has 0 spiro atoms. The Morgan fingerprint density at radius 2 is 1.58 bits per heavy atom. The Balaban J connectivity index is 1.72. The van der Waals surface area contributed by atoms with Gasteiger partial charge in [-0.1, -0.05) is 12.1 Å². The lowest BCUT2D eigenvalue weighted by molar-refractivity contribution is -0.147. The second-order valence-electron chi connectivity index (χ2n) is 9.58. The first kappa shape index (κ1) is 26.4. The number of piperidine rings is 1. The van der Waals surface area contributed by atoms with Gasteiger partial charge in [0.15, 0.2) is 0 Å². The number of hydrogen-bond acceptors (Lipinski definition) is 3. The SMILES string of the molecule is C[C@@H](O[C@H]1CN2C(=O)CCC(C)(O)C2C1c1ccc(F)cc1)c1cc(C(F)(F)F)cc(C(F)(F)F)c1. The Bertz CT molecular complexity index is 1100. The minimum atomic E-state index is -5.01. The predicted octanol–water partition coefficient (Wildman–Crippen LogP) is 5.85. The average molecular weight is 519 g/mol. The van der Waals surface area contributed by atoms with Gasteiger partial charge in [0.25, 0.3) is 0 Å². The number of nitrogens with zero attached hydrogens (tertiary/aromatic N) is 1. The second-order valence-corrected chi connectivity index (χ2v) is 9.58. The van der Waals surface area contributed by atoms with Gasteiger partial charge in [0.05, 0.1) is 35.0 Å². The van der Waals surface area contributed by atoms with Crippen molar-refractivity contribution in [1.82, 2.24) is 4.90 Å². The number of rotatable bonds is 4. The van der Waals surface area contributed by atoms with Crippen LogP contribution in [0.4, 0.5) is 30.7 Å². The fourth-order valence-electron chi connectivity index (χ4n) is 5.21. The highest BCUT2D eigenvalue weighted by atomic mass is 19.4. The third kappa shape index (κ3) is 5.08. The zero-order chi connectivity index (χ0) is 26.6. The summed E-state index contributed by atoms with van der Waals surface area (Å²) in [6.45, 7) is 2.85. The number of ether oxygens (including phenoxy) is 1. The largest absolute Gasteiger partial charge is 0.416 e. The minimum Gasteiger partial charge on any atom is -0.388 e. The van der Waals surface area contributed by atoms with Crippen molar-refractivity contribution in [3.8, 4) is 0 Å². The summed E-state index contributed by atoms with van der Waals surface area (Å²) in [6.07, 6.45) is -11.9. The van der Waals surface area contributed by atoms with Gasteiger partial charge in [0, 0.05) is 18.9 Å². The number of halogens is 7. The molecule has 11 heteroatoms. The maximum atomic E-state index is 13.6. The lowest BCUT2D eigenvalue weighted by Crippen LogP contribution is -2.56. The lowest BCUT2D eigenvalue weighted by atomic mass is 9.77. The molecule has 2 aromatic rings. The van der Waals surface area contributed by atoms with Crippen LogP contribution in [0.25, 0.3) is 0 Å². The Morgan fingerprint density at radius 1 is 1.03 bits per heavy atom. The van der Waals surface area contributed by atoms with Crippen molar-refractivity contribution < 1.29 is 45.4 Å². The molecule has 2 heterocycles. The van der Waals surface area contributed by atoms with Gasteiger partial charge in [-0.05, 0) is 61.7 Å². The third-order valence-electron chi connectivity index (χ3n) is 6.97. The molecule has 2 fully saturated rings. The summed E-state index contributed by atoms with van der Waals surface area (Å²) >= 11 is 0. The van der Waals surface area contributed by atoms with Gasteiger partial charge in [-0.2, -0.15) is 26.3 Å². The molecule has 2 aliphatic rings. The van der Waals surface area contributed by atoms with Gasteiger partial charge >= 0.3 is 12.4 Å². The molecule has 2 aliphatic heterocycles. The van der Waals surface area contributed by atoms with Crippen LogP contribution >= 0.6 is 0 Å². The Morgan fingerprint density at radius 3 is 2.11 bits per heavy atom. The van der Waals surface area contributed by atoms with Gasteiger partial charge < -0.3 is 14.7 Å². The molecule has 0 bridgehead atoms. The van der Waals surface area contributed by atoms with Crippen LogP contribution in [0.15, 0.2) is 42.5 Å². The number of aliphatic hydroxyl groups is 1. The van der Waals surface area contributed by atoms with Gasteiger partial charge in [0.1, 0.15) is 5.82 Å². The molecule has 0 aliphatic carbocycles. The van der Waals surface area contributed by atoms with E-state index in [0.717, 1.165) is 0 Å². The van der Waals surface area contributed by atoms with Gasteiger partial charge in [0.2, 0.25) is 5.91 Å². The van der Waals surface area contributed by atoms with Crippen molar-refractivity contribution >= 4 is 5.91 Å². The van der Waals surface area contributed by atoms with Crippen LogP contribution in [0.2, 0.25) is 0 Å². The molecule has 1 amide bonds. The molecule has 4 nitrogen and oxygen atoms in total. The van der Waals surface area contributed by atoms with Crippen molar-refractivity contribution in [3.63, 3.8) is 0 Å². The number of benzene rings is 2. The number of amides is 1. The van der Waals surface area contributed by atoms with Gasteiger partial charge in [-0.25, -0.2) is 4.39 Å². The van der Waals surface area contributed by atoms with E-state index in [1.165, 1.54) is 36.1 Å². The van der Waals surface area contributed by atoms with Crippen LogP contribution in [-0.4, -0.2) is 40.2 Å². The summed E-state index contributed by atoms with van der Waals surface area (Å²) in [5.41, 5.74) is -4.07. The van der Waals surface area contributed by atoms with Crippen LogP contribution in [0.3, 0.4) is 0 Å². The monoisotopic (exact) mass is 519 g/mol. The maximum absolute atomic E-state index is 13.6. The molecule has 0 aromatic heterocycles. The maximum Gasteiger partial charge on any atom is 0.416 e. The van der Waals surface area contributed by atoms with Crippen LogP contribution in [0.1, 0.15) is 61.0 Å². The summed E-state index contributed by atoms with van der Waals surface area (Å²) in [5.74, 6) is -1.47. The summed E-state index contributed by atoms with van der Waals surface area (Å²) in [5, 5.41) is 11.1. The first-order chi connectivity index (χ1) is 16.6. The van der Waals surface area contributed by atoms with Crippen molar-refractivity contribution in [2.75, 3.05) is 6.54 Å². The van der Waals surface area contributed by atoms with Crippen molar-refractivity contribution in [2.24, 2.45) is 0 Å². The van der Waals surface area contributed by atoms with Crippen LogP contribution in [0.5, 0.6) is 0 Å². The van der Waals surface area contributed by atoms with E-state index in [1.807, 2.05) is 0 Å². The van der Waals surface area contributed by atoms with Crippen molar-refractivity contribution in [1.29, 1.82) is 0 Å². The smallest absolute Gasteiger partial charge is 0.388 e. The van der Waals surface area contributed by atoms with Crippen molar-refractivity contribution in [2.45, 2.75) is 68.8 Å². The quantitative estimate of drug-likeness (QED) is 0.516. The molecule has 0 saturated carbocycles. The molecule has 3 unspecified atom stereocenters. The molecule has 196 valence electrons. The Kier molecular flexibility index (Phi) is 6.62. The number of alkyl halides is 6. The molecule has 1 N–H and O–H groups in total. The molecular weight excluding hydrogens is 495 g/mol. The zero-order valence-corrected chi connectivity index (χ0v) is 19.3. The fraction of sp³-hybridized carbons (Fsp3) is 0.480. The van der Waals surface area contributed by atoms with Gasteiger partial charge in [-0.3, -0.25) is 4.79 Å². The van der Waals surface area contributed by atoms with E-state index in [2.05, 4.69) is 0 Å². The normalized spacial score (nSPS) is 27.8. The number of carbonyl (C=O) groups is 1. The summed E-state index contributed by atoms with van der Waals surface area (Å²) in [7, 11) is 0. The molecule has 4 rings (SSSR count). The van der Waals surface area contributed by atoms with Crippen LogP contribution in [0, 0.1) is 5.82 Å². The highest BCUT2D eigenvalue weighted by molar-refractivity contribution is 5.78. The Labute approximate surface area is 202 Å². The van der Waals surface area contributed by atoms with E-state index in [1.54, 1.807) is 6.92 Å². The van der Waals surface area contributed by atoms with E-state index in [4.69, 9.17) is 4.74 Å². The molecular formula is C25H24F7NO3. The topological polar surface area (TPSA) is 49.8 Å². The molecule has 5 atom stereocenters. The second kappa shape index (κ2) is 9.02. The predicted molar refractivity (Wildman–Crippen MR) is 114 cm³/mol. The molecule has 2 aromatic carbocycles. The summed E-state index contributed by atoms with van der Waals surface area (Å²) < 4.78 is 99.7. The third-order valence-corrected chi connectivity index (χ3v) is 6.97. The van der Waals surface area contributed by atoms with Gasteiger partial charge in [-0.15, -0.1) is 0 Å². The first-order valence-electron chi connectivity index (χ1n) is 11.3.